The minimum Gasteiger partial charge on any atom is -0.466 e. The Morgan fingerprint density at radius 2 is 2.20 bits per heavy atom. The first kappa shape index (κ1) is 15.0. The summed E-state index contributed by atoms with van der Waals surface area (Å²) in [5.41, 5.74) is -0.438. The highest BCUT2D eigenvalue weighted by molar-refractivity contribution is 5.16. The predicted octanol–water partition coefficient (Wildman–Crippen LogP) is 4.62. The molecule has 3 heteroatoms. The topological polar surface area (TPSA) is 22.1 Å². The zero-order chi connectivity index (χ0) is 14.8. The van der Waals surface area contributed by atoms with E-state index in [0.29, 0.717) is 23.6 Å². The van der Waals surface area contributed by atoms with Gasteiger partial charge in [-0.05, 0) is 36.8 Å². The van der Waals surface area contributed by atoms with E-state index >= 15 is 0 Å². The lowest BCUT2D eigenvalue weighted by atomic mass is 9.67. The van der Waals surface area contributed by atoms with Crippen LogP contribution in [0.3, 0.4) is 0 Å². The van der Waals surface area contributed by atoms with E-state index in [1.165, 1.54) is 12.5 Å². The number of halogens is 1. The van der Waals surface area contributed by atoms with Gasteiger partial charge in [0.1, 0.15) is 5.60 Å². The first-order chi connectivity index (χ1) is 9.47. The molecule has 0 aliphatic heterocycles. The van der Waals surface area contributed by atoms with E-state index in [2.05, 4.69) is 32.3 Å². The molecule has 1 saturated carbocycles. The molecule has 1 fully saturated rings. The lowest BCUT2D eigenvalue weighted by molar-refractivity contribution is -0.0227. The molecule has 20 heavy (non-hydrogen) atoms. The van der Waals surface area contributed by atoms with Crippen LogP contribution in [0.25, 0.3) is 0 Å². The average Bonchev–Trinajstić information content (AvgIpc) is 2.38. The quantitative estimate of drug-likeness (QED) is 0.592. The molecule has 0 bridgehead atoms. The summed E-state index contributed by atoms with van der Waals surface area (Å²) in [7, 11) is 0. The molecule has 0 aromatic carbocycles. The van der Waals surface area contributed by atoms with E-state index in [0.717, 1.165) is 12.8 Å². The fraction of sp³-hybridized carbons (Fsp3) is 0.588. The van der Waals surface area contributed by atoms with Gasteiger partial charge >= 0.3 is 0 Å². The monoisotopic (exact) mass is 277 g/mol. The molecule has 0 saturated heterocycles. The first-order valence-electron chi connectivity index (χ1n) is 7.42. The van der Waals surface area contributed by atoms with Gasteiger partial charge in [0, 0.05) is 12.0 Å². The minimum absolute atomic E-state index is 0.352. The van der Waals surface area contributed by atoms with Gasteiger partial charge in [0.2, 0.25) is 11.8 Å². The Kier molecular flexibility index (Phi) is 4.46. The van der Waals surface area contributed by atoms with Crippen LogP contribution in [0.1, 0.15) is 40.0 Å². The molecule has 1 aliphatic carbocycles. The molecule has 2 nitrogen and oxygen atoms in total. The van der Waals surface area contributed by atoms with Crippen LogP contribution < -0.4 is 4.74 Å². The van der Waals surface area contributed by atoms with E-state index in [1.807, 2.05) is 6.08 Å². The molecule has 3 atom stereocenters. The maximum atomic E-state index is 13.3. The van der Waals surface area contributed by atoms with Crippen molar-refractivity contribution in [2.75, 3.05) is 0 Å². The van der Waals surface area contributed by atoms with Crippen LogP contribution in [0, 0.1) is 23.7 Å². The van der Waals surface area contributed by atoms with Gasteiger partial charge in [-0.1, -0.05) is 39.8 Å². The highest BCUT2D eigenvalue weighted by Gasteiger charge is 2.44. The van der Waals surface area contributed by atoms with Gasteiger partial charge in [-0.15, -0.1) is 0 Å². The summed E-state index contributed by atoms with van der Waals surface area (Å²) in [6, 6.07) is 4.67. The Balaban J connectivity index is 2.31. The van der Waals surface area contributed by atoms with Crippen molar-refractivity contribution in [3.63, 3.8) is 0 Å². The molecule has 0 amide bonds. The standard InChI is InChI=1S/C17H24FNO/c1-5-17(20-16-8-6-7-15(18)19-16)11-13(4)9-10-14(17)12(2)3/h5-8,12-14H,1,9-11H2,2-4H3/t13-,14+,17+/m1/s1. The van der Waals surface area contributed by atoms with Crippen LogP contribution in [0.15, 0.2) is 30.9 Å². The minimum atomic E-state index is -0.508. The highest BCUT2D eigenvalue weighted by Crippen LogP contribution is 2.44. The number of ether oxygens (including phenoxy) is 1. The fourth-order valence-corrected chi connectivity index (χ4v) is 3.44. The van der Waals surface area contributed by atoms with Gasteiger partial charge in [-0.2, -0.15) is 9.37 Å². The largest absolute Gasteiger partial charge is 0.466 e. The molecule has 0 N–H and O–H groups in total. The zero-order valence-electron chi connectivity index (χ0n) is 12.6. The summed E-state index contributed by atoms with van der Waals surface area (Å²) in [6.45, 7) is 10.6. The molecule has 1 aromatic rings. The number of hydrogen-bond donors (Lipinski definition) is 0. The number of aromatic nitrogens is 1. The lowest BCUT2D eigenvalue weighted by Crippen LogP contribution is -2.48. The molecule has 1 heterocycles. The van der Waals surface area contributed by atoms with Gasteiger partial charge in [-0.3, -0.25) is 0 Å². The normalized spacial score (nSPS) is 30.2. The summed E-state index contributed by atoms with van der Waals surface area (Å²) in [5, 5.41) is 0. The molecule has 2 rings (SSSR count). The molecule has 0 unspecified atom stereocenters. The van der Waals surface area contributed by atoms with Crippen molar-refractivity contribution in [3.8, 4) is 5.88 Å². The lowest BCUT2D eigenvalue weighted by Gasteiger charge is -2.46. The van der Waals surface area contributed by atoms with E-state index in [1.54, 1.807) is 12.1 Å². The smallest absolute Gasteiger partial charge is 0.216 e. The van der Waals surface area contributed by atoms with Crippen molar-refractivity contribution in [2.45, 2.75) is 45.6 Å². The van der Waals surface area contributed by atoms with Crippen LogP contribution >= 0.6 is 0 Å². The van der Waals surface area contributed by atoms with Gasteiger partial charge < -0.3 is 4.74 Å². The summed E-state index contributed by atoms with van der Waals surface area (Å²) in [5.74, 6) is 1.31. The Labute approximate surface area is 121 Å². The van der Waals surface area contributed by atoms with Crippen molar-refractivity contribution in [1.29, 1.82) is 0 Å². The van der Waals surface area contributed by atoms with Crippen LogP contribution in [-0.2, 0) is 0 Å². The SMILES string of the molecule is C=C[C@]1(Oc2cccc(F)n2)C[C@H](C)CC[C@H]1C(C)C. The number of pyridine rings is 1. The fourth-order valence-electron chi connectivity index (χ4n) is 3.44. The van der Waals surface area contributed by atoms with Gasteiger partial charge in [-0.25, -0.2) is 0 Å². The van der Waals surface area contributed by atoms with Gasteiger partial charge in [0.05, 0.1) is 0 Å². The molecule has 1 aliphatic rings. The predicted molar refractivity (Wildman–Crippen MR) is 79.1 cm³/mol. The molecular weight excluding hydrogens is 253 g/mol. The summed E-state index contributed by atoms with van der Waals surface area (Å²) in [4.78, 5) is 3.84. The Hall–Kier alpha value is -1.38. The zero-order valence-corrected chi connectivity index (χ0v) is 12.6. The number of rotatable bonds is 4. The van der Waals surface area contributed by atoms with Gasteiger partial charge in [0.25, 0.3) is 0 Å². The Morgan fingerprint density at radius 3 is 2.80 bits per heavy atom. The van der Waals surface area contributed by atoms with Crippen LogP contribution in [0.5, 0.6) is 5.88 Å². The van der Waals surface area contributed by atoms with E-state index in [4.69, 9.17) is 4.74 Å². The summed E-state index contributed by atoms with van der Waals surface area (Å²) >= 11 is 0. The molecule has 0 radical (unpaired) electrons. The van der Waals surface area contributed by atoms with Crippen LogP contribution in [0.4, 0.5) is 4.39 Å². The Bertz CT molecular complexity index is 474. The van der Waals surface area contributed by atoms with Crippen LogP contribution in [-0.4, -0.2) is 10.6 Å². The van der Waals surface area contributed by atoms with Gasteiger partial charge in [0.15, 0.2) is 0 Å². The average molecular weight is 277 g/mol. The van der Waals surface area contributed by atoms with Crippen molar-refractivity contribution in [2.24, 2.45) is 17.8 Å². The second-order valence-electron chi connectivity index (χ2n) is 6.30. The molecule has 1 aromatic heterocycles. The maximum Gasteiger partial charge on any atom is 0.216 e. The van der Waals surface area contributed by atoms with Crippen molar-refractivity contribution >= 4 is 0 Å². The summed E-state index contributed by atoms with van der Waals surface area (Å²) < 4.78 is 19.4. The third kappa shape index (κ3) is 3.02. The molecular formula is C17H24FNO. The highest BCUT2D eigenvalue weighted by atomic mass is 19.1. The summed E-state index contributed by atoms with van der Waals surface area (Å²) in [6.07, 6.45) is 5.13. The Morgan fingerprint density at radius 1 is 1.45 bits per heavy atom. The second-order valence-corrected chi connectivity index (χ2v) is 6.30. The number of hydrogen-bond acceptors (Lipinski definition) is 2. The van der Waals surface area contributed by atoms with Crippen molar-refractivity contribution < 1.29 is 9.13 Å². The molecule has 0 spiro atoms. The maximum absolute atomic E-state index is 13.3. The second kappa shape index (κ2) is 5.94. The van der Waals surface area contributed by atoms with Crippen molar-refractivity contribution in [3.05, 3.63) is 36.8 Å². The van der Waals surface area contributed by atoms with E-state index in [-0.39, 0.29) is 0 Å². The number of nitrogens with zero attached hydrogens (tertiary/aromatic N) is 1. The third-order valence-corrected chi connectivity index (χ3v) is 4.40. The first-order valence-corrected chi connectivity index (χ1v) is 7.42. The van der Waals surface area contributed by atoms with Crippen molar-refractivity contribution in [1.82, 2.24) is 4.98 Å². The van der Waals surface area contributed by atoms with Crippen LogP contribution in [0.2, 0.25) is 0 Å². The molecule has 110 valence electrons. The third-order valence-electron chi connectivity index (χ3n) is 4.40. The van der Waals surface area contributed by atoms with E-state index < -0.39 is 11.5 Å². The van der Waals surface area contributed by atoms with E-state index in [9.17, 15) is 4.39 Å².